The molecule has 1 aliphatic rings. The van der Waals surface area contributed by atoms with E-state index in [4.69, 9.17) is 9.47 Å². The Balaban J connectivity index is 1.31. The quantitative estimate of drug-likeness (QED) is 0.607. The summed E-state index contributed by atoms with van der Waals surface area (Å²) in [5.74, 6) is 1.42. The van der Waals surface area contributed by atoms with Gasteiger partial charge in [0.1, 0.15) is 23.9 Å². The predicted molar refractivity (Wildman–Crippen MR) is 108 cm³/mol. The average molecular weight is 433 g/mol. The largest absolute Gasteiger partial charge is 0.573 e. The van der Waals surface area contributed by atoms with Crippen molar-refractivity contribution in [3.63, 3.8) is 0 Å². The second-order valence-corrected chi connectivity index (χ2v) is 7.18. The van der Waals surface area contributed by atoms with Crippen molar-refractivity contribution in [3.8, 4) is 22.8 Å². The molecule has 2 heterocycles. The zero-order valence-electron chi connectivity index (χ0n) is 16.9. The second kappa shape index (κ2) is 8.99. The number of nitrogens with zero attached hydrogens (tertiary/aromatic N) is 2. The summed E-state index contributed by atoms with van der Waals surface area (Å²) in [6, 6.07) is 13.6. The Morgan fingerprint density at radius 1 is 1.16 bits per heavy atom. The number of fused-ring (bicyclic) bond motifs is 1. The number of ether oxygens (including phenoxy) is 3. The molecule has 0 aliphatic carbocycles. The Morgan fingerprint density at radius 2 is 1.97 bits per heavy atom. The van der Waals surface area contributed by atoms with E-state index in [1.807, 2.05) is 30.5 Å². The Labute approximate surface area is 177 Å². The van der Waals surface area contributed by atoms with E-state index < -0.39 is 6.36 Å². The van der Waals surface area contributed by atoms with Crippen molar-refractivity contribution >= 4 is 0 Å². The normalized spacial score (nSPS) is 16.1. The predicted octanol–water partition coefficient (Wildman–Crippen LogP) is 4.15. The van der Waals surface area contributed by atoms with E-state index in [0.29, 0.717) is 31.8 Å². The van der Waals surface area contributed by atoms with Crippen molar-refractivity contribution in [1.82, 2.24) is 14.9 Å². The molecule has 0 saturated carbocycles. The first-order chi connectivity index (χ1) is 14.9. The third-order valence-corrected chi connectivity index (χ3v) is 4.93. The van der Waals surface area contributed by atoms with Crippen LogP contribution in [-0.2, 0) is 24.4 Å². The molecule has 1 aromatic heterocycles. The third kappa shape index (κ3) is 5.56. The molecule has 0 radical (unpaired) electrons. The molecule has 0 spiro atoms. The van der Waals surface area contributed by atoms with Crippen LogP contribution >= 0.6 is 0 Å². The van der Waals surface area contributed by atoms with Crippen LogP contribution in [0, 0.1) is 0 Å². The number of halogens is 3. The lowest BCUT2D eigenvalue weighted by molar-refractivity contribution is -0.274. The minimum atomic E-state index is -4.70. The lowest BCUT2D eigenvalue weighted by atomic mass is 10.1. The van der Waals surface area contributed by atoms with Crippen molar-refractivity contribution in [3.05, 3.63) is 66.1 Å². The number of methoxy groups -OCH3 is 1. The summed E-state index contributed by atoms with van der Waals surface area (Å²) in [4.78, 5) is 4.65. The number of hydrogen-bond acceptors (Lipinski definition) is 5. The van der Waals surface area contributed by atoms with Crippen LogP contribution in [0.25, 0.3) is 11.3 Å². The molecule has 31 heavy (non-hydrogen) atoms. The lowest BCUT2D eigenvalue weighted by Crippen LogP contribution is -2.35. The van der Waals surface area contributed by atoms with Crippen LogP contribution in [0.1, 0.15) is 11.4 Å². The number of nitrogens with one attached hydrogen (secondary N) is 1. The van der Waals surface area contributed by atoms with E-state index in [0.717, 1.165) is 22.8 Å². The third-order valence-electron chi connectivity index (χ3n) is 4.93. The number of hydrogen-bond donors (Lipinski definition) is 1. The van der Waals surface area contributed by atoms with Gasteiger partial charge in [-0.05, 0) is 42.0 Å². The maximum atomic E-state index is 12.4. The van der Waals surface area contributed by atoms with Gasteiger partial charge in [-0.1, -0.05) is 12.1 Å². The fraction of sp³-hybridized carbons (Fsp3) is 0.318. The molecule has 0 fully saturated rings. The summed E-state index contributed by atoms with van der Waals surface area (Å²) in [5.41, 5.74) is 2.57. The van der Waals surface area contributed by atoms with Crippen LogP contribution < -0.4 is 14.8 Å². The first-order valence-electron chi connectivity index (χ1n) is 9.77. The average Bonchev–Trinajstić information content (AvgIpc) is 3.16. The van der Waals surface area contributed by atoms with E-state index in [-0.39, 0.29) is 11.9 Å². The van der Waals surface area contributed by atoms with Gasteiger partial charge in [-0.2, -0.15) is 0 Å². The van der Waals surface area contributed by atoms with Gasteiger partial charge in [0.05, 0.1) is 25.5 Å². The van der Waals surface area contributed by atoms with Crippen LogP contribution in [0.15, 0.2) is 54.7 Å². The number of benzene rings is 2. The zero-order valence-corrected chi connectivity index (χ0v) is 16.9. The van der Waals surface area contributed by atoms with Gasteiger partial charge in [0, 0.05) is 24.8 Å². The smallest absolute Gasteiger partial charge is 0.497 e. The molecule has 1 N–H and O–H groups in total. The maximum Gasteiger partial charge on any atom is 0.573 e. The molecular weight excluding hydrogens is 411 g/mol. The minimum Gasteiger partial charge on any atom is -0.497 e. The fourth-order valence-corrected chi connectivity index (χ4v) is 3.45. The lowest BCUT2D eigenvalue weighted by Gasteiger charge is -2.24. The molecule has 4 rings (SSSR count). The van der Waals surface area contributed by atoms with Crippen LogP contribution in [-0.4, -0.2) is 35.7 Å². The first-order valence-corrected chi connectivity index (χ1v) is 9.77. The fourth-order valence-electron chi connectivity index (χ4n) is 3.45. The van der Waals surface area contributed by atoms with E-state index in [9.17, 15) is 13.2 Å². The molecular formula is C22H22F3N3O3. The Bertz CT molecular complexity index is 1020. The molecule has 6 nitrogen and oxygen atoms in total. The van der Waals surface area contributed by atoms with Gasteiger partial charge < -0.3 is 24.1 Å². The molecule has 0 bridgehead atoms. The van der Waals surface area contributed by atoms with Crippen molar-refractivity contribution in [2.45, 2.75) is 32.2 Å². The Morgan fingerprint density at radius 3 is 2.71 bits per heavy atom. The van der Waals surface area contributed by atoms with Gasteiger partial charge in [0.15, 0.2) is 0 Å². The zero-order chi connectivity index (χ0) is 21.8. The molecule has 3 aromatic rings. The summed E-state index contributed by atoms with van der Waals surface area (Å²) < 4.78 is 54.2. The van der Waals surface area contributed by atoms with Gasteiger partial charge in [-0.25, -0.2) is 4.98 Å². The van der Waals surface area contributed by atoms with Crippen molar-refractivity contribution in [2.24, 2.45) is 0 Å². The highest BCUT2D eigenvalue weighted by atomic mass is 19.4. The van der Waals surface area contributed by atoms with E-state index in [1.165, 1.54) is 18.2 Å². The topological polar surface area (TPSA) is 57.5 Å². The van der Waals surface area contributed by atoms with Crippen molar-refractivity contribution < 1.29 is 27.4 Å². The SMILES string of the molecule is COc1ccc(-c2cn3c(n2)CO[C@@H](CNCc2cccc(OC(F)(F)F)c2)C3)cc1. The monoisotopic (exact) mass is 433 g/mol. The molecule has 0 unspecified atom stereocenters. The molecule has 9 heteroatoms. The van der Waals surface area contributed by atoms with Crippen molar-refractivity contribution in [1.29, 1.82) is 0 Å². The summed E-state index contributed by atoms with van der Waals surface area (Å²) in [6.07, 6.45) is -2.76. The van der Waals surface area contributed by atoms with Crippen LogP contribution in [0.4, 0.5) is 13.2 Å². The number of rotatable bonds is 7. The molecule has 1 aliphatic heterocycles. The molecule has 0 amide bonds. The van der Waals surface area contributed by atoms with E-state index in [2.05, 4.69) is 19.6 Å². The van der Waals surface area contributed by atoms with Gasteiger partial charge in [-0.3, -0.25) is 0 Å². The summed E-state index contributed by atoms with van der Waals surface area (Å²) in [7, 11) is 1.63. The Kier molecular flexibility index (Phi) is 6.15. The van der Waals surface area contributed by atoms with Crippen LogP contribution in [0.2, 0.25) is 0 Å². The van der Waals surface area contributed by atoms with Gasteiger partial charge in [-0.15, -0.1) is 13.2 Å². The second-order valence-electron chi connectivity index (χ2n) is 7.18. The highest BCUT2D eigenvalue weighted by Gasteiger charge is 2.31. The summed E-state index contributed by atoms with van der Waals surface area (Å²) in [5, 5.41) is 3.23. The maximum absolute atomic E-state index is 12.4. The van der Waals surface area contributed by atoms with E-state index >= 15 is 0 Å². The molecule has 2 aromatic carbocycles. The first kappa shape index (κ1) is 21.2. The minimum absolute atomic E-state index is 0.0694. The van der Waals surface area contributed by atoms with Crippen molar-refractivity contribution in [2.75, 3.05) is 13.7 Å². The van der Waals surface area contributed by atoms with Gasteiger partial charge >= 0.3 is 6.36 Å². The van der Waals surface area contributed by atoms with E-state index in [1.54, 1.807) is 13.2 Å². The summed E-state index contributed by atoms with van der Waals surface area (Å²) in [6.45, 7) is 2.00. The van der Waals surface area contributed by atoms with Gasteiger partial charge in [0.25, 0.3) is 0 Å². The molecule has 0 saturated heterocycles. The Hall–Kier alpha value is -3.04. The number of alkyl halides is 3. The molecule has 164 valence electrons. The highest BCUT2D eigenvalue weighted by Crippen LogP contribution is 2.25. The molecule has 1 atom stereocenters. The summed E-state index contributed by atoms with van der Waals surface area (Å²) >= 11 is 0. The number of imidazole rings is 1. The van der Waals surface area contributed by atoms with Gasteiger partial charge in [0.2, 0.25) is 0 Å². The standard InChI is InChI=1S/C22H22F3N3O3/c1-29-17-7-5-16(6-8-17)20-13-28-12-19(30-14-21(28)27-20)11-26-10-15-3-2-4-18(9-15)31-22(23,24)25/h2-9,13,19,26H,10-12,14H2,1H3/t19-/m0/s1. The highest BCUT2D eigenvalue weighted by molar-refractivity contribution is 5.59. The van der Waals surface area contributed by atoms with Crippen LogP contribution in [0.5, 0.6) is 11.5 Å². The number of aromatic nitrogens is 2. The van der Waals surface area contributed by atoms with Crippen LogP contribution in [0.3, 0.4) is 0 Å².